The van der Waals surface area contributed by atoms with E-state index in [0.29, 0.717) is 23.8 Å². The first-order valence-electron chi connectivity index (χ1n) is 11.4. The second kappa shape index (κ2) is 11.2. The standard InChI is InChI=1S/C27H25F3N2O3S/c1-18(33)14-24-26(34)32(13-12-31-24)20-10-11-25(23(15-20)27(28,29)30)36-22-9-5-8-21(16-22)35-17-19-6-3-2-4-7-19/h2-11,15-16,24,31H,12-14,17H2,1H3. The minimum absolute atomic E-state index is 0.00190. The molecule has 0 aromatic heterocycles. The molecule has 1 saturated heterocycles. The van der Waals surface area contributed by atoms with Crippen LogP contribution in [0.1, 0.15) is 24.5 Å². The Labute approximate surface area is 211 Å². The second-order valence-corrected chi connectivity index (χ2v) is 9.55. The summed E-state index contributed by atoms with van der Waals surface area (Å²) in [5.74, 6) is -0.0226. The third kappa shape index (κ3) is 6.47. The predicted octanol–water partition coefficient (Wildman–Crippen LogP) is 5.72. The normalized spacial score (nSPS) is 16.2. The fraction of sp³-hybridized carbons (Fsp3) is 0.259. The molecule has 1 unspecified atom stereocenters. The summed E-state index contributed by atoms with van der Waals surface area (Å²) in [6.07, 6.45) is -4.62. The maximum atomic E-state index is 14.0. The van der Waals surface area contributed by atoms with Crippen molar-refractivity contribution in [1.82, 2.24) is 5.32 Å². The van der Waals surface area contributed by atoms with E-state index < -0.39 is 23.7 Å². The molecule has 0 spiro atoms. The molecule has 1 aliphatic rings. The van der Waals surface area contributed by atoms with Gasteiger partial charge in [0.25, 0.3) is 0 Å². The smallest absolute Gasteiger partial charge is 0.417 e. The summed E-state index contributed by atoms with van der Waals surface area (Å²) in [6.45, 7) is 2.33. The number of carbonyl (C=O) groups excluding carboxylic acids is 2. The number of halogens is 3. The largest absolute Gasteiger partial charge is 0.489 e. The third-order valence-electron chi connectivity index (χ3n) is 5.64. The Morgan fingerprint density at radius 3 is 2.58 bits per heavy atom. The summed E-state index contributed by atoms with van der Waals surface area (Å²) in [5.41, 5.74) is 0.320. The molecule has 0 bridgehead atoms. The van der Waals surface area contributed by atoms with Gasteiger partial charge >= 0.3 is 6.18 Å². The van der Waals surface area contributed by atoms with Crippen molar-refractivity contribution in [2.24, 2.45) is 0 Å². The van der Waals surface area contributed by atoms with Crippen molar-refractivity contribution in [3.8, 4) is 5.75 Å². The van der Waals surface area contributed by atoms with Gasteiger partial charge in [-0.25, -0.2) is 0 Å². The number of carbonyl (C=O) groups is 2. The van der Waals surface area contributed by atoms with Crippen molar-refractivity contribution in [1.29, 1.82) is 0 Å². The summed E-state index contributed by atoms with van der Waals surface area (Å²) in [7, 11) is 0. The zero-order valence-corrected chi connectivity index (χ0v) is 20.4. The van der Waals surface area contributed by atoms with Crippen molar-refractivity contribution in [2.45, 2.75) is 42.0 Å². The molecule has 1 amide bonds. The van der Waals surface area contributed by atoms with Crippen LogP contribution in [-0.4, -0.2) is 30.8 Å². The number of alkyl halides is 3. The van der Waals surface area contributed by atoms with E-state index in [9.17, 15) is 22.8 Å². The number of nitrogens with zero attached hydrogens (tertiary/aromatic N) is 1. The monoisotopic (exact) mass is 514 g/mol. The van der Waals surface area contributed by atoms with Gasteiger partial charge in [0.2, 0.25) is 5.91 Å². The van der Waals surface area contributed by atoms with Crippen molar-refractivity contribution in [3.05, 3.63) is 83.9 Å². The van der Waals surface area contributed by atoms with Crippen LogP contribution in [0.4, 0.5) is 18.9 Å². The molecule has 188 valence electrons. The van der Waals surface area contributed by atoms with E-state index in [4.69, 9.17) is 4.74 Å². The van der Waals surface area contributed by atoms with Gasteiger partial charge in [0.1, 0.15) is 18.1 Å². The van der Waals surface area contributed by atoms with Crippen LogP contribution in [0.3, 0.4) is 0 Å². The van der Waals surface area contributed by atoms with Gasteiger partial charge < -0.3 is 15.0 Å². The van der Waals surface area contributed by atoms with E-state index in [1.807, 2.05) is 30.3 Å². The SMILES string of the molecule is CC(=O)CC1NCCN(c2ccc(Sc3cccc(OCc4ccccc4)c3)c(C(F)(F)F)c2)C1=O. The third-order valence-corrected chi connectivity index (χ3v) is 6.71. The predicted molar refractivity (Wildman–Crippen MR) is 132 cm³/mol. The van der Waals surface area contributed by atoms with Gasteiger partial charge in [-0.05, 0) is 48.9 Å². The topological polar surface area (TPSA) is 58.6 Å². The summed E-state index contributed by atoms with van der Waals surface area (Å²) < 4.78 is 47.9. The molecule has 0 aliphatic carbocycles. The fourth-order valence-corrected chi connectivity index (χ4v) is 4.93. The molecule has 1 heterocycles. The average molecular weight is 515 g/mol. The Morgan fingerprint density at radius 1 is 1.08 bits per heavy atom. The maximum Gasteiger partial charge on any atom is 0.417 e. The van der Waals surface area contributed by atoms with E-state index in [-0.39, 0.29) is 29.3 Å². The Bertz CT molecular complexity index is 1230. The van der Waals surface area contributed by atoms with Crippen molar-refractivity contribution in [2.75, 3.05) is 18.0 Å². The lowest BCUT2D eigenvalue weighted by molar-refractivity contribution is -0.139. The summed E-state index contributed by atoms with van der Waals surface area (Å²) in [6, 6.07) is 19.7. The van der Waals surface area contributed by atoms with Crippen LogP contribution in [0.25, 0.3) is 0 Å². The molecule has 1 fully saturated rings. The summed E-state index contributed by atoms with van der Waals surface area (Å²) in [4.78, 5) is 26.2. The highest BCUT2D eigenvalue weighted by Gasteiger charge is 2.36. The number of amides is 1. The van der Waals surface area contributed by atoms with Gasteiger partial charge in [0.05, 0.1) is 11.6 Å². The molecule has 36 heavy (non-hydrogen) atoms. The number of anilines is 1. The van der Waals surface area contributed by atoms with Crippen LogP contribution in [0.15, 0.2) is 82.6 Å². The molecule has 1 atom stereocenters. The van der Waals surface area contributed by atoms with E-state index in [1.165, 1.54) is 24.0 Å². The summed E-state index contributed by atoms with van der Waals surface area (Å²) >= 11 is 0.982. The number of piperazine rings is 1. The number of rotatable bonds is 8. The Hall–Kier alpha value is -3.30. The molecule has 0 radical (unpaired) electrons. The number of hydrogen-bond acceptors (Lipinski definition) is 5. The lowest BCUT2D eigenvalue weighted by Crippen LogP contribution is -2.55. The fourth-order valence-electron chi connectivity index (χ4n) is 3.93. The van der Waals surface area contributed by atoms with E-state index in [1.54, 1.807) is 24.3 Å². The van der Waals surface area contributed by atoms with Gasteiger partial charge in [-0.15, -0.1) is 0 Å². The molecule has 9 heteroatoms. The highest BCUT2D eigenvalue weighted by Crippen LogP contribution is 2.42. The van der Waals surface area contributed by atoms with Gasteiger partial charge in [-0.2, -0.15) is 13.2 Å². The average Bonchev–Trinajstić information content (AvgIpc) is 2.84. The van der Waals surface area contributed by atoms with Crippen LogP contribution >= 0.6 is 11.8 Å². The van der Waals surface area contributed by atoms with Gasteiger partial charge in [-0.3, -0.25) is 9.59 Å². The zero-order valence-electron chi connectivity index (χ0n) is 19.5. The lowest BCUT2D eigenvalue weighted by atomic mass is 10.1. The quantitative estimate of drug-likeness (QED) is 0.417. The molecule has 1 aliphatic heterocycles. The van der Waals surface area contributed by atoms with Crippen LogP contribution in [-0.2, 0) is 22.4 Å². The van der Waals surface area contributed by atoms with Crippen LogP contribution in [0, 0.1) is 0 Å². The Balaban J connectivity index is 1.55. The maximum absolute atomic E-state index is 14.0. The van der Waals surface area contributed by atoms with Gasteiger partial charge in [0.15, 0.2) is 0 Å². The lowest BCUT2D eigenvalue weighted by Gasteiger charge is -2.33. The minimum Gasteiger partial charge on any atom is -0.489 e. The number of ketones is 1. The molecule has 1 N–H and O–H groups in total. The first-order valence-corrected chi connectivity index (χ1v) is 12.2. The number of Topliss-reactive ketones (excluding diaryl/α,β-unsaturated/α-hetero) is 1. The van der Waals surface area contributed by atoms with Crippen LogP contribution in [0.2, 0.25) is 0 Å². The van der Waals surface area contributed by atoms with Crippen molar-refractivity contribution < 1.29 is 27.5 Å². The Morgan fingerprint density at radius 2 is 1.86 bits per heavy atom. The number of hydrogen-bond donors (Lipinski definition) is 1. The first kappa shape index (κ1) is 25.8. The van der Waals surface area contributed by atoms with Crippen LogP contribution < -0.4 is 15.0 Å². The van der Waals surface area contributed by atoms with Crippen LogP contribution in [0.5, 0.6) is 5.75 Å². The number of benzene rings is 3. The van der Waals surface area contributed by atoms with E-state index in [0.717, 1.165) is 23.4 Å². The highest BCUT2D eigenvalue weighted by molar-refractivity contribution is 7.99. The van der Waals surface area contributed by atoms with Crippen molar-refractivity contribution >= 4 is 29.1 Å². The minimum atomic E-state index is -4.62. The van der Waals surface area contributed by atoms with Gasteiger partial charge in [-0.1, -0.05) is 48.2 Å². The molecule has 5 nitrogen and oxygen atoms in total. The van der Waals surface area contributed by atoms with E-state index in [2.05, 4.69) is 5.32 Å². The Kier molecular flexibility index (Phi) is 8.01. The second-order valence-electron chi connectivity index (χ2n) is 8.43. The van der Waals surface area contributed by atoms with E-state index >= 15 is 0 Å². The number of ether oxygens (including phenoxy) is 1. The zero-order chi connectivity index (χ0) is 25.7. The molecular weight excluding hydrogens is 489 g/mol. The first-order chi connectivity index (χ1) is 17.2. The van der Waals surface area contributed by atoms with Gasteiger partial charge in [0, 0.05) is 35.0 Å². The number of nitrogens with one attached hydrogen (secondary N) is 1. The molecule has 4 rings (SSSR count). The van der Waals surface area contributed by atoms with Crippen molar-refractivity contribution in [3.63, 3.8) is 0 Å². The molecule has 3 aromatic carbocycles. The molecule has 3 aromatic rings. The molecular formula is C27H25F3N2O3S. The summed E-state index contributed by atoms with van der Waals surface area (Å²) in [5, 5.41) is 2.96. The highest BCUT2D eigenvalue weighted by atomic mass is 32.2. The molecule has 0 saturated carbocycles.